The lowest BCUT2D eigenvalue weighted by molar-refractivity contribution is 0.0961. The van der Waals surface area contributed by atoms with Crippen LogP contribution in [0.3, 0.4) is 0 Å². The van der Waals surface area contributed by atoms with Crippen molar-refractivity contribution in [2.24, 2.45) is 0 Å². The molecule has 0 bridgehead atoms. The third-order valence-electron chi connectivity index (χ3n) is 2.63. The molecule has 2 aromatic rings. The number of benzene rings is 1. The van der Waals surface area contributed by atoms with Crippen molar-refractivity contribution in [2.75, 3.05) is 12.4 Å². The first-order valence-corrected chi connectivity index (χ1v) is 5.85. The average Bonchev–Trinajstić information content (AvgIpc) is 2.47. The Balaban J connectivity index is 2.20. The van der Waals surface area contributed by atoms with Gasteiger partial charge in [0.05, 0.1) is 11.8 Å². The van der Waals surface area contributed by atoms with Gasteiger partial charge in [-0.3, -0.25) is 14.6 Å². The molecular formula is C14H12FN3O2. The van der Waals surface area contributed by atoms with Gasteiger partial charge in [-0.1, -0.05) is 6.07 Å². The Labute approximate surface area is 114 Å². The molecule has 0 aliphatic rings. The van der Waals surface area contributed by atoms with Crippen molar-refractivity contribution in [3.8, 4) is 0 Å². The Kier molecular flexibility index (Phi) is 4.05. The predicted octanol–water partition coefficient (Wildman–Crippen LogP) is 1.83. The molecule has 6 heteroatoms. The van der Waals surface area contributed by atoms with Crippen molar-refractivity contribution >= 4 is 17.5 Å². The van der Waals surface area contributed by atoms with Gasteiger partial charge in [-0.2, -0.15) is 0 Å². The zero-order valence-corrected chi connectivity index (χ0v) is 10.7. The number of pyridine rings is 1. The molecule has 0 saturated heterocycles. The second kappa shape index (κ2) is 5.92. The minimum atomic E-state index is -0.701. The highest BCUT2D eigenvalue weighted by Crippen LogP contribution is 2.13. The lowest BCUT2D eigenvalue weighted by atomic mass is 10.1. The quantitative estimate of drug-likeness (QED) is 0.896. The van der Waals surface area contributed by atoms with Gasteiger partial charge in [0.1, 0.15) is 0 Å². The smallest absolute Gasteiger partial charge is 0.258 e. The Bertz CT molecular complexity index is 658. The van der Waals surface area contributed by atoms with Gasteiger partial charge in [-0.15, -0.1) is 0 Å². The molecule has 0 radical (unpaired) electrons. The van der Waals surface area contributed by atoms with E-state index in [4.69, 9.17) is 0 Å². The molecule has 2 rings (SSSR count). The molecule has 0 unspecified atom stereocenters. The maximum Gasteiger partial charge on any atom is 0.258 e. The molecule has 1 heterocycles. The number of aromatic nitrogens is 1. The monoisotopic (exact) mass is 273 g/mol. The standard InChI is InChI=1S/C14H12FN3O2/c1-16-13(19)9-3-2-4-10(7-9)18-14(20)11-5-6-17-8-12(11)15/h2-8H,1H3,(H,16,19)(H,18,20). The number of halogens is 1. The van der Waals surface area contributed by atoms with Gasteiger partial charge >= 0.3 is 0 Å². The third kappa shape index (κ3) is 2.97. The molecule has 5 nitrogen and oxygen atoms in total. The van der Waals surface area contributed by atoms with E-state index in [1.807, 2.05) is 0 Å². The summed E-state index contributed by atoms with van der Waals surface area (Å²) in [6, 6.07) is 7.65. The van der Waals surface area contributed by atoms with Gasteiger partial charge in [0.2, 0.25) is 0 Å². The molecule has 2 amide bonds. The van der Waals surface area contributed by atoms with Gasteiger partial charge in [0, 0.05) is 24.5 Å². The lowest BCUT2D eigenvalue weighted by Crippen LogP contribution is -2.18. The van der Waals surface area contributed by atoms with Gasteiger partial charge in [-0.25, -0.2) is 4.39 Å². The highest BCUT2D eigenvalue weighted by atomic mass is 19.1. The molecule has 0 saturated carbocycles. The molecule has 0 fully saturated rings. The summed E-state index contributed by atoms with van der Waals surface area (Å²) in [5.41, 5.74) is 0.707. The maximum atomic E-state index is 13.4. The average molecular weight is 273 g/mol. The molecule has 0 aliphatic heterocycles. The van der Waals surface area contributed by atoms with E-state index in [-0.39, 0.29) is 11.5 Å². The predicted molar refractivity (Wildman–Crippen MR) is 72.0 cm³/mol. The Morgan fingerprint density at radius 2 is 2.00 bits per heavy atom. The molecule has 0 aliphatic carbocycles. The van der Waals surface area contributed by atoms with E-state index >= 15 is 0 Å². The van der Waals surface area contributed by atoms with Crippen LogP contribution in [0.15, 0.2) is 42.7 Å². The number of hydrogen-bond acceptors (Lipinski definition) is 3. The number of rotatable bonds is 3. The molecule has 2 N–H and O–H groups in total. The molecule has 1 aromatic carbocycles. The van der Waals surface area contributed by atoms with Gasteiger partial charge in [0.15, 0.2) is 5.82 Å². The summed E-state index contributed by atoms with van der Waals surface area (Å²) in [7, 11) is 1.51. The van der Waals surface area contributed by atoms with Crippen LogP contribution in [-0.4, -0.2) is 23.8 Å². The third-order valence-corrected chi connectivity index (χ3v) is 2.63. The van der Waals surface area contributed by atoms with Crippen LogP contribution in [-0.2, 0) is 0 Å². The van der Waals surface area contributed by atoms with E-state index in [0.717, 1.165) is 6.20 Å². The van der Waals surface area contributed by atoms with E-state index in [0.29, 0.717) is 11.3 Å². The molecule has 0 atom stereocenters. The van der Waals surface area contributed by atoms with Crippen LogP contribution in [0.25, 0.3) is 0 Å². The fourth-order valence-corrected chi connectivity index (χ4v) is 1.64. The van der Waals surface area contributed by atoms with Crippen LogP contribution >= 0.6 is 0 Å². The molecule has 1 aromatic heterocycles. The number of carbonyl (C=O) groups excluding carboxylic acids is 2. The van der Waals surface area contributed by atoms with E-state index in [9.17, 15) is 14.0 Å². The normalized spacial score (nSPS) is 9.90. The molecule has 20 heavy (non-hydrogen) atoms. The van der Waals surface area contributed by atoms with Crippen molar-refractivity contribution in [1.82, 2.24) is 10.3 Å². The van der Waals surface area contributed by atoms with Crippen molar-refractivity contribution < 1.29 is 14.0 Å². The Morgan fingerprint density at radius 1 is 1.20 bits per heavy atom. The van der Waals surface area contributed by atoms with Crippen LogP contribution < -0.4 is 10.6 Å². The molecule has 102 valence electrons. The minimum Gasteiger partial charge on any atom is -0.355 e. The van der Waals surface area contributed by atoms with Gasteiger partial charge in [0.25, 0.3) is 11.8 Å². The number of carbonyl (C=O) groups is 2. The summed E-state index contributed by atoms with van der Waals surface area (Å²) >= 11 is 0. The summed E-state index contributed by atoms with van der Waals surface area (Å²) in [6.45, 7) is 0. The Morgan fingerprint density at radius 3 is 2.70 bits per heavy atom. The van der Waals surface area contributed by atoms with Crippen molar-refractivity contribution in [3.63, 3.8) is 0 Å². The zero-order chi connectivity index (χ0) is 14.5. The number of anilines is 1. The second-order valence-electron chi connectivity index (χ2n) is 3.97. The number of nitrogens with zero attached hydrogens (tertiary/aromatic N) is 1. The second-order valence-corrected chi connectivity index (χ2v) is 3.97. The van der Waals surface area contributed by atoms with Crippen molar-refractivity contribution in [3.05, 3.63) is 59.7 Å². The highest BCUT2D eigenvalue weighted by molar-refractivity contribution is 6.05. The fourth-order valence-electron chi connectivity index (χ4n) is 1.64. The van der Waals surface area contributed by atoms with Gasteiger partial charge < -0.3 is 10.6 Å². The summed E-state index contributed by atoms with van der Waals surface area (Å²) < 4.78 is 13.4. The number of hydrogen-bond donors (Lipinski definition) is 2. The topological polar surface area (TPSA) is 71.1 Å². The largest absolute Gasteiger partial charge is 0.355 e. The summed E-state index contributed by atoms with van der Waals surface area (Å²) in [6.07, 6.45) is 2.30. The number of nitrogens with one attached hydrogen (secondary N) is 2. The zero-order valence-electron chi connectivity index (χ0n) is 10.7. The van der Waals surface area contributed by atoms with Crippen LogP contribution in [0.4, 0.5) is 10.1 Å². The summed E-state index contributed by atoms with van der Waals surface area (Å²) in [4.78, 5) is 27.0. The van der Waals surface area contributed by atoms with E-state index in [1.54, 1.807) is 18.2 Å². The minimum absolute atomic E-state index is 0.106. The molecular weight excluding hydrogens is 261 g/mol. The van der Waals surface area contributed by atoms with E-state index in [1.165, 1.54) is 25.4 Å². The van der Waals surface area contributed by atoms with Crippen molar-refractivity contribution in [1.29, 1.82) is 0 Å². The SMILES string of the molecule is CNC(=O)c1cccc(NC(=O)c2ccncc2F)c1. The van der Waals surface area contributed by atoms with Crippen LogP contribution in [0.2, 0.25) is 0 Å². The highest BCUT2D eigenvalue weighted by Gasteiger charge is 2.12. The Hall–Kier alpha value is -2.76. The van der Waals surface area contributed by atoms with Crippen LogP contribution in [0.1, 0.15) is 20.7 Å². The summed E-state index contributed by atoms with van der Waals surface area (Å²) in [5, 5.41) is 5.01. The van der Waals surface area contributed by atoms with Crippen LogP contribution in [0, 0.1) is 5.82 Å². The first-order valence-electron chi connectivity index (χ1n) is 5.85. The lowest BCUT2D eigenvalue weighted by Gasteiger charge is -2.07. The number of amides is 2. The maximum absolute atomic E-state index is 13.4. The van der Waals surface area contributed by atoms with Gasteiger partial charge in [-0.05, 0) is 24.3 Å². The van der Waals surface area contributed by atoms with E-state index in [2.05, 4.69) is 15.6 Å². The molecule has 0 spiro atoms. The van der Waals surface area contributed by atoms with Crippen LogP contribution in [0.5, 0.6) is 0 Å². The van der Waals surface area contributed by atoms with E-state index < -0.39 is 11.7 Å². The van der Waals surface area contributed by atoms with Crippen molar-refractivity contribution in [2.45, 2.75) is 0 Å². The first kappa shape index (κ1) is 13.7. The first-order chi connectivity index (χ1) is 9.61. The fraction of sp³-hybridized carbons (Fsp3) is 0.0714. The summed E-state index contributed by atoms with van der Waals surface area (Å²) in [5.74, 6) is -1.57.